The van der Waals surface area contributed by atoms with Crippen LogP contribution in [0.5, 0.6) is 5.75 Å². The molecular formula is C27H35NO6. The van der Waals surface area contributed by atoms with Gasteiger partial charge in [0, 0.05) is 19.0 Å². The van der Waals surface area contributed by atoms with E-state index in [4.69, 9.17) is 14.2 Å². The van der Waals surface area contributed by atoms with Crippen LogP contribution in [0.2, 0.25) is 0 Å². The Morgan fingerprint density at radius 2 is 1.97 bits per heavy atom. The van der Waals surface area contributed by atoms with E-state index in [1.165, 1.54) is 7.11 Å². The summed E-state index contributed by atoms with van der Waals surface area (Å²) in [4.78, 5) is 26.7. The van der Waals surface area contributed by atoms with Crippen LogP contribution >= 0.6 is 0 Å². The van der Waals surface area contributed by atoms with Crippen molar-refractivity contribution in [3.05, 3.63) is 54.1 Å². The minimum absolute atomic E-state index is 0.313. The Kier molecular flexibility index (Phi) is 8.20. The average molecular weight is 470 g/mol. The van der Waals surface area contributed by atoms with Crippen LogP contribution in [0.3, 0.4) is 0 Å². The van der Waals surface area contributed by atoms with Gasteiger partial charge in [0.05, 0.1) is 25.4 Å². The molecule has 1 amide bonds. The van der Waals surface area contributed by atoms with Crippen LogP contribution in [-0.2, 0) is 9.47 Å². The zero-order valence-electron chi connectivity index (χ0n) is 20.5. The average Bonchev–Trinajstić information content (AvgIpc) is 2.80. The third kappa shape index (κ3) is 6.08. The molecule has 0 bridgehead atoms. The molecule has 2 aromatic rings. The van der Waals surface area contributed by atoms with E-state index in [1.54, 1.807) is 11.0 Å². The number of amides is 1. The predicted octanol–water partition coefficient (Wildman–Crippen LogP) is 5.06. The van der Waals surface area contributed by atoms with Gasteiger partial charge in [0.25, 0.3) is 0 Å². The van der Waals surface area contributed by atoms with E-state index in [0.717, 1.165) is 23.8 Å². The van der Waals surface area contributed by atoms with E-state index in [-0.39, 0.29) is 5.92 Å². The van der Waals surface area contributed by atoms with Crippen LogP contribution in [0, 0.1) is 0 Å². The number of nitrogens with zero attached hydrogens (tertiary/aromatic N) is 1. The molecule has 0 radical (unpaired) electrons. The summed E-state index contributed by atoms with van der Waals surface area (Å²) in [7, 11) is 1.35. The number of carbonyl (C=O) groups excluding carboxylic acids is 2. The highest BCUT2D eigenvalue weighted by atomic mass is 16.6. The fourth-order valence-electron chi connectivity index (χ4n) is 4.21. The summed E-state index contributed by atoms with van der Waals surface area (Å²) in [5.74, 6) is -0.101. The molecule has 7 heteroatoms. The molecule has 1 fully saturated rings. The van der Waals surface area contributed by atoms with Gasteiger partial charge in [0.2, 0.25) is 0 Å². The molecular weight excluding hydrogens is 434 g/mol. The largest absolute Gasteiger partial charge is 0.494 e. The second-order valence-corrected chi connectivity index (χ2v) is 9.57. The normalized spacial score (nSPS) is 18.4. The molecule has 7 nitrogen and oxygen atoms in total. The standard InChI is InChI=1S/C27H35NO6/c1-6-7-8-15-33-18-9-10-19-21(25(30)32-5)12-11-20(22(19)16-18)23-17-28(14-13-24(23)29)26(31)34-27(2,3)4/h6,9-12,16,23-24,29H,1,7-8,13-15,17H2,2-5H3/t23-,24-/m0/s1. The lowest BCUT2D eigenvalue weighted by Crippen LogP contribution is -2.46. The number of allylic oxidation sites excluding steroid dienone is 1. The van der Waals surface area contributed by atoms with Crippen LogP contribution < -0.4 is 4.74 Å². The zero-order valence-corrected chi connectivity index (χ0v) is 20.5. The van der Waals surface area contributed by atoms with E-state index < -0.39 is 23.8 Å². The van der Waals surface area contributed by atoms with Gasteiger partial charge in [-0.05, 0) is 80.6 Å². The van der Waals surface area contributed by atoms with Gasteiger partial charge in [0.1, 0.15) is 11.4 Å². The van der Waals surface area contributed by atoms with Crippen molar-refractivity contribution in [1.29, 1.82) is 0 Å². The van der Waals surface area contributed by atoms with Gasteiger partial charge in [0.15, 0.2) is 0 Å². The van der Waals surface area contributed by atoms with Gasteiger partial charge in [-0.25, -0.2) is 9.59 Å². The number of fused-ring (bicyclic) bond motifs is 1. The van der Waals surface area contributed by atoms with E-state index in [1.807, 2.05) is 51.1 Å². The number of methoxy groups -OCH3 is 1. The van der Waals surface area contributed by atoms with Crippen molar-refractivity contribution in [3.63, 3.8) is 0 Å². The second-order valence-electron chi connectivity index (χ2n) is 9.57. The highest BCUT2D eigenvalue weighted by Gasteiger charge is 2.34. The highest BCUT2D eigenvalue weighted by Crippen LogP contribution is 2.36. The number of aliphatic hydroxyl groups is 1. The summed E-state index contributed by atoms with van der Waals surface area (Å²) in [6.45, 7) is 10.5. The molecule has 1 N–H and O–H groups in total. The minimum Gasteiger partial charge on any atom is -0.494 e. The molecule has 2 atom stereocenters. The van der Waals surface area contributed by atoms with Gasteiger partial charge in [-0.15, -0.1) is 6.58 Å². The second kappa shape index (κ2) is 10.9. The van der Waals surface area contributed by atoms with Gasteiger partial charge >= 0.3 is 12.1 Å². The number of esters is 1. The fraction of sp³-hybridized carbons (Fsp3) is 0.481. The molecule has 3 rings (SSSR count). The summed E-state index contributed by atoms with van der Waals surface area (Å²) in [5, 5.41) is 12.4. The van der Waals surface area contributed by atoms with Gasteiger partial charge in [-0.1, -0.05) is 12.1 Å². The Hall–Kier alpha value is -3.06. The molecule has 1 aliphatic rings. The number of hydrogen-bond acceptors (Lipinski definition) is 6. The van der Waals surface area contributed by atoms with Crippen molar-refractivity contribution in [2.45, 2.75) is 57.7 Å². The van der Waals surface area contributed by atoms with Crippen LogP contribution in [-0.4, -0.2) is 60.6 Å². The number of benzene rings is 2. The lowest BCUT2D eigenvalue weighted by molar-refractivity contribution is 0.00419. The third-order valence-electron chi connectivity index (χ3n) is 5.88. The van der Waals surface area contributed by atoms with E-state index in [0.29, 0.717) is 42.8 Å². The monoisotopic (exact) mass is 469 g/mol. The number of aliphatic hydroxyl groups excluding tert-OH is 1. The maximum absolute atomic E-state index is 12.7. The van der Waals surface area contributed by atoms with E-state index in [2.05, 4.69) is 6.58 Å². The highest BCUT2D eigenvalue weighted by molar-refractivity contribution is 6.06. The topological polar surface area (TPSA) is 85.3 Å². The van der Waals surface area contributed by atoms with Crippen LogP contribution in [0.15, 0.2) is 43.0 Å². The van der Waals surface area contributed by atoms with Crippen LogP contribution in [0.25, 0.3) is 10.8 Å². The molecule has 1 aliphatic heterocycles. The lowest BCUT2D eigenvalue weighted by atomic mass is 9.84. The number of ether oxygens (including phenoxy) is 3. The van der Waals surface area contributed by atoms with Crippen molar-refractivity contribution in [1.82, 2.24) is 4.90 Å². The van der Waals surface area contributed by atoms with E-state index >= 15 is 0 Å². The maximum atomic E-state index is 12.7. The Morgan fingerprint density at radius 3 is 2.65 bits per heavy atom. The van der Waals surface area contributed by atoms with Crippen molar-refractivity contribution in [2.24, 2.45) is 0 Å². The van der Waals surface area contributed by atoms with Gasteiger partial charge in [-0.2, -0.15) is 0 Å². The fourth-order valence-corrected chi connectivity index (χ4v) is 4.21. The summed E-state index contributed by atoms with van der Waals surface area (Å²) < 4.78 is 16.4. The first kappa shape index (κ1) is 25.6. The zero-order chi connectivity index (χ0) is 24.9. The van der Waals surface area contributed by atoms with Crippen molar-refractivity contribution in [2.75, 3.05) is 26.8 Å². The number of likely N-dealkylation sites (tertiary alicyclic amines) is 1. The van der Waals surface area contributed by atoms with Gasteiger partial charge in [-0.3, -0.25) is 0 Å². The first-order chi connectivity index (χ1) is 16.1. The Morgan fingerprint density at radius 1 is 1.21 bits per heavy atom. The third-order valence-corrected chi connectivity index (χ3v) is 5.88. The van der Waals surface area contributed by atoms with Crippen molar-refractivity contribution in [3.8, 4) is 5.75 Å². The summed E-state index contributed by atoms with van der Waals surface area (Å²) in [5.41, 5.74) is 0.684. The minimum atomic E-state index is -0.636. The SMILES string of the molecule is C=CCCCOc1ccc2c(C(=O)OC)ccc([C@@H]3CN(C(=O)OC(C)(C)C)CC[C@@H]3O)c2c1. The smallest absolute Gasteiger partial charge is 0.410 e. The molecule has 34 heavy (non-hydrogen) atoms. The lowest BCUT2D eigenvalue weighted by Gasteiger charge is -2.37. The number of piperidine rings is 1. The van der Waals surface area contributed by atoms with Gasteiger partial charge < -0.3 is 24.2 Å². The number of carbonyl (C=O) groups is 2. The Balaban J connectivity index is 1.99. The molecule has 0 spiro atoms. The predicted molar refractivity (Wildman–Crippen MR) is 131 cm³/mol. The first-order valence-corrected chi connectivity index (χ1v) is 11.7. The summed E-state index contributed by atoms with van der Waals surface area (Å²) >= 11 is 0. The quantitative estimate of drug-likeness (QED) is 0.347. The van der Waals surface area contributed by atoms with Crippen LogP contribution in [0.1, 0.15) is 61.9 Å². The summed E-state index contributed by atoms with van der Waals surface area (Å²) in [6.07, 6.45) is 2.96. The molecule has 1 saturated heterocycles. The van der Waals surface area contributed by atoms with Crippen LogP contribution in [0.4, 0.5) is 4.79 Å². The molecule has 0 aromatic heterocycles. The molecule has 184 valence electrons. The van der Waals surface area contributed by atoms with E-state index in [9.17, 15) is 14.7 Å². The van der Waals surface area contributed by atoms with Crippen molar-refractivity contribution < 1.29 is 28.9 Å². The molecule has 0 aliphatic carbocycles. The Labute approximate surface area is 201 Å². The number of unbranched alkanes of at least 4 members (excludes halogenated alkanes) is 1. The molecule has 0 saturated carbocycles. The molecule has 1 heterocycles. The maximum Gasteiger partial charge on any atom is 0.410 e. The van der Waals surface area contributed by atoms with Crippen molar-refractivity contribution >= 4 is 22.8 Å². The Bertz CT molecular complexity index is 1040. The molecule has 2 aromatic carbocycles. The molecule has 0 unspecified atom stereocenters. The number of rotatable bonds is 7. The summed E-state index contributed by atoms with van der Waals surface area (Å²) in [6, 6.07) is 9.12. The number of hydrogen-bond donors (Lipinski definition) is 1. The first-order valence-electron chi connectivity index (χ1n) is 11.7.